The van der Waals surface area contributed by atoms with E-state index in [1.165, 1.54) is 12.8 Å². The van der Waals surface area contributed by atoms with Gasteiger partial charge in [0.1, 0.15) is 0 Å². The van der Waals surface area contributed by atoms with Gasteiger partial charge in [0.2, 0.25) is 0 Å². The Bertz CT molecular complexity index is 394. The number of aliphatic hydroxyl groups is 1. The van der Waals surface area contributed by atoms with Gasteiger partial charge in [0.05, 0.1) is 6.61 Å². The highest BCUT2D eigenvalue weighted by molar-refractivity contribution is 6.31. The smallest absolute Gasteiger partial charge is 0.0716 e. The highest BCUT2D eigenvalue weighted by Crippen LogP contribution is 2.36. The summed E-state index contributed by atoms with van der Waals surface area (Å²) in [5.74, 6) is 0. The van der Waals surface area contributed by atoms with Crippen LogP contribution in [0.1, 0.15) is 38.7 Å². The van der Waals surface area contributed by atoms with Crippen LogP contribution < -0.4 is 4.90 Å². The summed E-state index contributed by atoms with van der Waals surface area (Å²) in [7, 11) is 0. The van der Waals surface area contributed by atoms with Crippen molar-refractivity contribution in [2.24, 2.45) is 0 Å². The zero-order valence-corrected chi connectivity index (χ0v) is 11.2. The molecule has 0 radical (unpaired) electrons. The van der Waals surface area contributed by atoms with E-state index in [2.05, 4.69) is 24.8 Å². The van der Waals surface area contributed by atoms with Gasteiger partial charge in [0.15, 0.2) is 0 Å². The Morgan fingerprint density at radius 2 is 2.18 bits per heavy atom. The fraction of sp³-hybridized carbons (Fsp3) is 0.571. The van der Waals surface area contributed by atoms with E-state index in [0.29, 0.717) is 17.1 Å². The molecule has 1 heterocycles. The Balaban J connectivity index is 2.41. The predicted octanol–water partition coefficient (Wildman–Crippen LogP) is 3.60. The molecule has 1 aromatic rings. The van der Waals surface area contributed by atoms with Crippen LogP contribution in [-0.2, 0) is 6.61 Å². The van der Waals surface area contributed by atoms with Gasteiger partial charge in [0.25, 0.3) is 0 Å². The van der Waals surface area contributed by atoms with Crippen molar-refractivity contribution in [3.05, 3.63) is 28.8 Å². The number of benzene rings is 1. The molecule has 2 unspecified atom stereocenters. The lowest BCUT2D eigenvalue weighted by Gasteiger charge is -2.32. The van der Waals surface area contributed by atoms with Gasteiger partial charge in [-0.05, 0) is 38.3 Å². The first-order chi connectivity index (χ1) is 8.19. The van der Waals surface area contributed by atoms with E-state index >= 15 is 0 Å². The molecule has 1 saturated heterocycles. The van der Waals surface area contributed by atoms with E-state index < -0.39 is 0 Å². The fourth-order valence-electron chi connectivity index (χ4n) is 2.85. The van der Waals surface area contributed by atoms with Crippen LogP contribution in [0.15, 0.2) is 18.2 Å². The van der Waals surface area contributed by atoms with Gasteiger partial charge in [-0.3, -0.25) is 0 Å². The molecule has 0 saturated carbocycles. The quantitative estimate of drug-likeness (QED) is 0.890. The zero-order valence-electron chi connectivity index (χ0n) is 10.5. The van der Waals surface area contributed by atoms with E-state index in [1.807, 2.05) is 12.1 Å². The highest BCUT2D eigenvalue weighted by Gasteiger charge is 2.30. The first kappa shape index (κ1) is 12.7. The molecule has 1 aromatic carbocycles. The predicted molar refractivity (Wildman–Crippen MR) is 72.6 cm³/mol. The zero-order chi connectivity index (χ0) is 12.4. The van der Waals surface area contributed by atoms with Crippen LogP contribution in [0.5, 0.6) is 0 Å². The topological polar surface area (TPSA) is 23.5 Å². The van der Waals surface area contributed by atoms with Crippen molar-refractivity contribution < 1.29 is 5.11 Å². The molecule has 3 heteroatoms. The van der Waals surface area contributed by atoms with Crippen LogP contribution in [0.3, 0.4) is 0 Å². The number of hydrogen-bond donors (Lipinski definition) is 1. The van der Waals surface area contributed by atoms with Crippen LogP contribution in [0.25, 0.3) is 0 Å². The maximum atomic E-state index is 9.49. The summed E-state index contributed by atoms with van der Waals surface area (Å²) in [5, 5.41) is 10.2. The molecule has 94 valence electrons. The van der Waals surface area contributed by atoms with Crippen LogP contribution in [0.4, 0.5) is 5.69 Å². The van der Waals surface area contributed by atoms with E-state index in [1.54, 1.807) is 0 Å². The Morgan fingerprint density at radius 3 is 2.82 bits per heavy atom. The Kier molecular flexibility index (Phi) is 3.95. The van der Waals surface area contributed by atoms with Gasteiger partial charge in [-0.15, -0.1) is 0 Å². The van der Waals surface area contributed by atoms with Crippen LogP contribution in [0.2, 0.25) is 5.02 Å². The average molecular weight is 254 g/mol. The van der Waals surface area contributed by atoms with Crippen molar-refractivity contribution >= 4 is 17.3 Å². The lowest BCUT2D eigenvalue weighted by Crippen LogP contribution is -2.34. The van der Waals surface area contributed by atoms with Gasteiger partial charge < -0.3 is 10.0 Å². The summed E-state index contributed by atoms with van der Waals surface area (Å²) in [6, 6.07) is 6.99. The molecule has 0 aliphatic carbocycles. The minimum Gasteiger partial charge on any atom is -0.392 e. The third-order valence-corrected chi connectivity index (χ3v) is 4.14. The summed E-state index contributed by atoms with van der Waals surface area (Å²) >= 11 is 6.16. The standard InChI is InChI=1S/C14H20ClNO/c1-3-11-8-7-10(2)16(11)14-6-4-5-13(15)12(14)9-17/h4-6,10-11,17H,3,7-9H2,1-2H3. The first-order valence-corrected chi connectivity index (χ1v) is 6.73. The summed E-state index contributed by atoms with van der Waals surface area (Å²) in [6.45, 7) is 4.48. The molecule has 0 bridgehead atoms. The average Bonchev–Trinajstić information content (AvgIpc) is 2.70. The lowest BCUT2D eigenvalue weighted by molar-refractivity contribution is 0.282. The van der Waals surface area contributed by atoms with Crippen molar-refractivity contribution in [3.63, 3.8) is 0 Å². The second-order valence-corrected chi connectivity index (χ2v) is 5.20. The Labute approximate surface area is 108 Å². The maximum Gasteiger partial charge on any atom is 0.0716 e. The first-order valence-electron chi connectivity index (χ1n) is 6.35. The Hall–Kier alpha value is -0.730. The third-order valence-electron chi connectivity index (χ3n) is 3.79. The number of halogens is 1. The number of nitrogens with zero attached hydrogens (tertiary/aromatic N) is 1. The van der Waals surface area contributed by atoms with Crippen molar-refractivity contribution in [1.29, 1.82) is 0 Å². The number of aliphatic hydroxyl groups excluding tert-OH is 1. The molecule has 2 atom stereocenters. The Morgan fingerprint density at radius 1 is 1.41 bits per heavy atom. The molecule has 1 aliphatic heterocycles. The number of anilines is 1. The van der Waals surface area contributed by atoms with Crippen molar-refractivity contribution in [3.8, 4) is 0 Å². The molecule has 0 amide bonds. The monoisotopic (exact) mass is 253 g/mol. The molecule has 2 nitrogen and oxygen atoms in total. The molecule has 2 rings (SSSR count). The van der Waals surface area contributed by atoms with Gasteiger partial charge in [0, 0.05) is 28.4 Å². The second kappa shape index (κ2) is 5.28. The van der Waals surface area contributed by atoms with Crippen molar-refractivity contribution in [2.75, 3.05) is 4.90 Å². The van der Waals surface area contributed by atoms with Crippen LogP contribution in [0, 0.1) is 0 Å². The summed E-state index contributed by atoms with van der Waals surface area (Å²) in [5.41, 5.74) is 1.97. The molecule has 17 heavy (non-hydrogen) atoms. The molecular formula is C14H20ClNO. The molecule has 1 aliphatic rings. The molecule has 0 spiro atoms. The SMILES string of the molecule is CCC1CCC(C)N1c1cccc(Cl)c1CO. The third kappa shape index (κ3) is 2.29. The van der Waals surface area contributed by atoms with Crippen LogP contribution in [-0.4, -0.2) is 17.2 Å². The van der Waals surface area contributed by atoms with E-state index in [-0.39, 0.29) is 6.61 Å². The van der Waals surface area contributed by atoms with E-state index in [0.717, 1.165) is 17.7 Å². The van der Waals surface area contributed by atoms with E-state index in [4.69, 9.17) is 11.6 Å². The molecular weight excluding hydrogens is 234 g/mol. The van der Waals surface area contributed by atoms with Gasteiger partial charge in [-0.25, -0.2) is 0 Å². The summed E-state index contributed by atoms with van der Waals surface area (Å²) in [6.07, 6.45) is 3.59. The minimum atomic E-state index is 0.00859. The lowest BCUT2D eigenvalue weighted by atomic mass is 10.1. The highest BCUT2D eigenvalue weighted by atomic mass is 35.5. The maximum absolute atomic E-state index is 9.49. The summed E-state index contributed by atoms with van der Waals surface area (Å²) in [4.78, 5) is 2.43. The fourth-order valence-corrected chi connectivity index (χ4v) is 3.08. The van der Waals surface area contributed by atoms with Gasteiger partial charge in [-0.2, -0.15) is 0 Å². The molecule has 0 aromatic heterocycles. The number of rotatable bonds is 3. The van der Waals surface area contributed by atoms with Crippen LogP contribution >= 0.6 is 11.6 Å². The largest absolute Gasteiger partial charge is 0.392 e. The van der Waals surface area contributed by atoms with E-state index in [9.17, 15) is 5.11 Å². The summed E-state index contributed by atoms with van der Waals surface area (Å²) < 4.78 is 0. The van der Waals surface area contributed by atoms with Gasteiger partial charge in [-0.1, -0.05) is 24.6 Å². The normalized spacial score (nSPS) is 24.4. The minimum absolute atomic E-state index is 0.00859. The molecule has 1 N–H and O–H groups in total. The molecule has 1 fully saturated rings. The van der Waals surface area contributed by atoms with Crippen molar-refractivity contribution in [2.45, 2.75) is 51.8 Å². The second-order valence-electron chi connectivity index (χ2n) is 4.79. The van der Waals surface area contributed by atoms with Gasteiger partial charge >= 0.3 is 0 Å². The van der Waals surface area contributed by atoms with Crippen molar-refractivity contribution in [1.82, 2.24) is 0 Å². The number of hydrogen-bond acceptors (Lipinski definition) is 2.